The van der Waals surface area contributed by atoms with Gasteiger partial charge in [0.2, 0.25) is 0 Å². The predicted octanol–water partition coefficient (Wildman–Crippen LogP) is 4.92. The van der Waals surface area contributed by atoms with Crippen molar-refractivity contribution in [1.82, 2.24) is 0 Å². The van der Waals surface area contributed by atoms with Crippen molar-refractivity contribution in [2.45, 2.75) is 69.5 Å². The van der Waals surface area contributed by atoms with Crippen molar-refractivity contribution >= 4 is 11.8 Å². The lowest BCUT2D eigenvalue weighted by Gasteiger charge is -2.26. The average Bonchev–Trinajstić information content (AvgIpc) is 3.00. The Balaban J connectivity index is 1.60. The Labute approximate surface area is 110 Å². The Hall–Kier alpha value is -0.110. The third-order valence-corrected chi connectivity index (χ3v) is 6.02. The maximum Gasteiger partial charge on any atom is 0.0873 e. The fourth-order valence-electron chi connectivity index (χ4n) is 3.01. The van der Waals surface area contributed by atoms with Gasteiger partial charge in [0.1, 0.15) is 0 Å². The molecular formula is C15H26OS. The summed E-state index contributed by atoms with van der Waals surface area (Å²) in [5.74, 6) is 1.37. The lowest BCUT2D eigenvalue weighted by molar-refractivity contribution is 0.232. The molecule has 0 radical (unpaired) electrons. The van der Waals surface area contributed by atoms with Crippen LogP contribution in [0, 0.1) is 0 Å². The summed E-state index contributed by atoms with van der Waals surface area (Å²) in [6.45, 7) is 3.27. The number of thioether (sulfide) groups is 1. The van der Waals surface area contributed by atoms with Crippen LogP contribution >= 0.6 is 11.8 Å². The van der Waals surface area contributed by atoms with Crippen molar-refractivity contribution in [2.75, 3.05) is 12.4 Å². The zero-order chi connectivity index (χ0) is 12.0. The zero-order valence-corrected chi connectivity index (χ0v) is 12.0. The number of hydrogen-bond acceptors (Lipinski definition) is 2. The molecule has 98 valence electrons. The highest BCUT2D eigenvalue weighted by Crippen LogP contribution is 2.44. The summed E-state index contributed by atoms with van der Waals surface area (Å²) in [5.41, 5.74) is 1.53. The minimum Gasteiger partial charge on any atom is -0.501 e. The van der Waals surface area contributed by atoms with Crippen LogP contribution in [0.25, 0.3) is 0 Å². The molecule has 0 amide bonds. The third-order valence-electron chi connectivity index (χ3n) is 4.22. The van der Waals surface area contributed by atoms with Gasteiger partial charge in [-0.25, -0.2) is 0 Å². The van der Waals surface area contributed by atoms with Crippen LogP contribution in [0.3, 0.4) is 0 Å². The molecule has 0 aromatic rings. The first-order chi connectivity index (χ1) is 8.35. The summed E-state index contributed by atoms with van der Waals surface area (Å²) in [6.07, 6.45) is 14.1. The molecule has 2 aliphatic rings. The monoisotopic (exact) mass is 254 g/mol. The van der Waals surface area contributed by atoms with E-state index in [2.05, 4.69) is 18.7 Å². The van der Waals surface area contributed by atoms with Gasteiger partial charge in [-0.1, -0.05) is 6.92 Å². The second-order valence-corrected chi connectivity index (χ2v) is 7.01. The van der Waals surface area contributed by atoms with Crippen LogP contribution in [-0.2, 0) is 4.74 Å². The van der Waals surface area contributed by atoms with Crippen molar-refractivity contribution < 1.29 is 4.74 Å². The highest BCUT2D eigenvalue weighted by molar-refractivity contribution is 8.00. The van der Waals surface area contributed by atoms with E-state index < -0.39 is 0 Å². The minimum absolute atomic E-state index is 0.601. The van der Waals surface area contributed by atoms with Gasteiger partial charge in [-0.05, 0) is 69.1 Å². The molecule has 0 bridgehead atoms. The summed E-state index contributed by atoms with van der Waals surface area (Å²) in [7, 11) is 0. The van der Waals surface area contributed by atoms with Crippen molar-refractivity contribution in [3.05, 3.63) is 11.8 Å². The molecule has 2 rings (SSSR count). The standard InChI is InChI=1S/C15H26OS/c1-2-15(10-6-12-17-15)9-5-11-16-13-14-7-3-4-8-14/h13H,2-12H2,1H3. The van der Waals surface area contributed by atoms with Crippen LogP contribution in [0.15, 0.2) is 11.8 Å². The van der Waals surface area contributed by atoms with E-state index >= 15 is 0 Å². The smallest absolute Gasteiger partial charge is 0.0873 e. The SMILES string of the molecule is CCC1(CCCOC=C2CCCC2)CCCS1. The van der Waals surface area contributed by atoms with Gasteiger partial charge < -0.3 is 4.74 Å². The molecular weight excluding hydrogens is 228 g/mol. The quantitative estimate of drug-likeness (QED) is 0.491. The lowest BCUT2D eigenvalue weighted by Crippen LogP contribution is -2.20. The van der Waals surface area contributed by atoms with E-state index in [-0.39, 0.29) is 0 Å². The molecule has 2 heteroatoms. The van der Waals surface area contributed by atoms with E-state index in [0.717, 1.165) is 6.61 Å². The Morgan fingerprint density at radius 3 is 2.76 bits per heavy atom. The van der Waals surface area contributed by atoms with Gasteiger partial charge in [-0.2, -0.15) is 11.8 Å². The molecule has 0 spiro atoms. The first-order valence-electron chi connectivity index (χ1n) is 7.28. The van der Waals surface area contributed by atoms with E-state index in [0.29, 0.717) is 4.75 Å². The topological polar surface area (TPSA) is 9.23 Å². The van der Waals surface area contributed by atoms with Crippen molar-refractivity contribution in [2.24, 2.45) is 0 Å². The molecule has 2 fully saturated rings. The lowest BCUT2D eigenvalue weighted by atomic mass is 9.95. The van der Waals surface area contributed by atoms with Crippen LogP contribution in [0.5, 0.6) is 0 Å². The van der Waals surface area contributed by atoms with Gasteiger partial charge >= 0.3 is 0 Å². The van der Waals surface area contributed by atoms with Crippen molar-refractivity contribution in [3.8, 4) is 0 Å². The molecule has 1 atom stereocenters. The number of rotatable bonds is 6. The highest BCUT2D eigenvalue weighted by atomic mass is 32.2. The molecule has 1 unspecified atom stereocenters. The first-order valence-corrected chi connectivity index (χ1v) is 8.27. The summed E-state index contributed by atoms with van der Waals surface area (Å²) < 4.78 is 6.30. The van der Waals surface area contributed by atoms with Gasteiger partial charge in [0.05, 0.1) is 12.9 Å². The summed E-state index contributed by atoms with van der Waals surface area (Å²) >= 11 is 2.20. The fraction of sp³-hybridized carbons (Fsp3) is 0.867. The van der Waals surface area contributed by atoms with E-state index in [1.54, 1.807) is 0 Å². The van der Waals surface area contributed by atoms with Gasteiger partial charge in [0.15, 0.2) is 0 Å². The molecule has 1 heterocycles. The number of allylic oxidation sites excluding steroid dienone is 1. The second-order valence-electron chi connectivity index (χ2n) is 5.45. The minimum atomic E-state index is 0.601. The van der Waals surface area contributed by atoms with Crippen LogP contribution in [0.4, 0.5) is 0 Å². The molecule has 0 aromatic heterocycles. The van der Waals surface area contributed by atoms with Crippen molar-refractivity contribution in [3.63, 3.8) is 0 Å². The second kappa shape index (κ2) is 6.72. The molecule has 17 heavy (non-hydrogen) atoms. The Morgan fingerprint density at radius 1 is 1.29 bits per heavy atom. The Bertz CT molecular complexity index is 246. The van der Waals surface area contributed by atoms with Crippen molar-refractivity contribution in [1.29, 1.82) is 0 Å². The molecule has 1 aliphatic heterocycles. The third kappa shape index (κ3) is 3.94. The normalized spacial score (nSPS) is 28.6. The largest absolute Gasteiger partial charge is 0.501 e. The van der Waals surface area contributed by atoms with Gasteiger partial charge in [-0.3, -0.25) is 0 Å². The van der Waals surface area contributed by atoms with Crippen LogP contribution in [0.1, 0.15) is 64.7 Å². The van der Waals surface area contributed by atoms with Gasteiger partial charge in [0.25, 0.3) is 0 Å². The molecule has 0 N–H and O–H groups in total. The maximum absolute atomic E-state index is 5.70. The predicted molar refractivity (Wildman–Crippen MR) is 76.5 cm³/mol. The van der Waals surface area contributed by atoms with Gasteiger partial charge in [0, 0.05) is 4.75 Å². The molecule has 1 saturated heterocycles. The van der Waals surface area contributed by atoms with Crippen LogP contribution < -0.4 is 0 Å². The van der Waals surface area contributed by atoms with E-state index in [9.17, 15) is 0 Å². The summed E-state index contributed by atoms with van der Waals surface area (Å²) in [5, 5.41) is 0. The van der Waals surface area contributed by atoms with E-state index in [1.165, 1.54) is 69.1 Å². The van der Waals surface area contributed by atoms with Crippen LogP contribution in [-0.4, -0.2) is 17.1 Å². The highest BCUT2D eigenvalue weighted by Gasteiger charge is 2.31. The number of hydrogen-bond donors (Lipinski definition) is 0. The van der Waals surface area contributed by atoms with Gasteiger partial charge in [-0.15, -0.1) is 0 Å². The fourth-order valence-corrected chi connectivity index (χ4v) is 4.51. The summed E-state index contributed by atoms with van der Waals surface area (Å²) in [6, 6.07) is 0. The number of ether oxygens (including phenoxy) is 1. The average molecular weight is 254 g/mol. The zero-order valence-electron chi connectivity index (χ0n) is 11.2. The molecule has 1 nitrogen and oxygen atoms in total. The van der Waals surface area contributed by atoms with E-state index in [1.807, 2.05) is 6.26 Å². The van der Waals surface area contributed by atoms with Crippen LogP contribution in [0.2, 0.25) is 0 Å². The molecule has 1 aliphatic carbocycles. The Kier molecular flexibility index (Phi) is 5.27. The first kappa shape index (κ1) is 13.3. The van der Waals surface area contributed by atoms with E-state index in [4.69, 9.17) is 4.74 Å². The maximum atomic E-state index is 5.70. The molecule has 1 saturated carbocycles. The summed E-state index contributed by atoms with van der Waals surface area (Å²) in [4.78, 5) is 0. The molecule has 0 aromatic carbocycles. The Morgan fingerprint density at radius 2 is 2.12 bits per heavy atom.